The van der Waals surface area contributed by atoms with Crippen LogP contribution in [0.3, 0.4) is 0 Å². The van der Waals surface area contributed by atoms with E-state index in [-0.39, 0.29) is 5.91 Å². The van der Waals surface area contributed by atoms with E-state index in [0.29, 0.717) is 13.0 Å². The number of aryl methyl sites for hydroxylation is 2. The molecule has 0 saturated carbocycles. The van der Waals surface area contributed by atoms with E-state index in [1.807, 2.05) is 24.3 Å². The molecule has 0 radical (unpaired) electrons. The molecule has 118 valence electrons. The van der Waals surface area contributed by atoms with Gasteiger partial charge in [-0.25, -0.2) is 4.98 Å². The quantitative estimate of drug-likeness (QED) is 0.733. The largest absolute Gasteiger partial charge is 0.349 e. The number of amides is 1. The molecule has 0 fully saturated rings. The van der Waals surface area contributed by atoms with Gasteiger partial charge in [0.1, 0.15) is 5.82 Å². The average molecular weight is 307 g/mol. The van der Waals surface area contributed by atoms with Crippen LogP contribution < -0.4 is 5.32 Å². The van der Waals surface area contributed by atoms with Crippen LogP contribution in [0, 0.1) is 0 Å². The number of aromatic nitrogens is 2. The third-order valence-corrected chi connectivity index (χ3v) is 3.96. The van der Waals surface area contributed by atoms with Gasteiger partial charge in [0.25, 0.3) is 0 Å². The van der Waals surface area contributed by atoms with E-state index in [1.54, 1.807) is 0 Å². The van der Waals surface area contributed by atoms with Gasteiger partial charge < -0.3 is 10.3 Å². The van der Waals surface area contributed by atoms with Crippen molar-refractivity contribution in [1.29, 1.82) is 0 Å². The van der Waals surface area contributed by atoms with E-state index in [1.165, 1.54) is 11.1 Å². The second-order valence-electron chi connectivity index (χ2n) is 5.65. The van der Waals surface area contributed by atoms with Crippen molar-refractivity contribution in [2.75, 3.05) is 0 Å². The number of nitrogens with zero attached hydrogens (tertiary/aromatic N) is 1. The summed E-state index contributed by atoms with van der Waals surface area (Å²) in [5.74, 6) is 0.830. The molecule has 0 aliphatic heterocycles. The Balaban J connectivity index is 1.49. The monoisotopic (exact) mass is 307 g/mol. The first-order valence-electron chi connectivity index (χ1n) is 8.02. The molecule has 23 heavy (non-hydrogen) atoms. The highest BCUT2D eigenvalue weighted by molar-refractivity contribution is 5.77. The summed E-state index contributed by atoms with van der Waals surface area (Å²) in [5.41, 5.74) is 4.43. The molecule has 4 heteroatoms. The fraction of sp³-hybridized carbons (Fsp3) is 0.263. The molecular weight excluding hydrogens is 286 g/mol. The molecule has 3 aromatic rings. The minimum Gasteiger partial charge on any atom is -0.349 e. The highest BCUT2D eigenvalue weighted by Gasteiger charge is 2.05. The Kier molecular flexibility index (Phi) is 4.71. The zero-order valence-electron chi connectivity index (χ0n) is 13.3. The molecule has 0 atom stereocenters. The van der Waals surface area contributed by atoms with Crippen molar-refractivity contribution >= 4 is 16.9 Å². The zero-order valence-corrected chi connectivity index (χ0v) is 13.3. The van der Waals surface area contributed by atoms with Gasteiger partial charge in [-0.05, 0) is 36.1 Å². The predicted molar refractivity (Wildman–Crippen MR) is 92.1 cm³/mol. The maximum absolute atomic E-state index is 12.0. The molecule has 0 unspecified atom stereocenters. The first-order valence-corrected chi connectivity index (χ1v) is 8.02. The molecule has 3 rings (SSSR count). The van der Waals surface area contributed by atoms with Gasteiger partial charge in [-0.1, -0.05) is 43.3 Å². The number of carbonyl (C=O) groups excluding carboxylic acids is 1. The fourth-order valence-corrected chi connectivity index (χ4v) is 2.56. The number of hydrogen-bond acceptors (Lipinski definition) is 2. The lowest BCUT2D eigenvalue weighted by Crippen LogP contribution is -2.23. The second-order valence-corrected chi connectivity index (χ2v) is 5.65. The molecule has 0 aliphatic carbocycles. The average Bonchev–Trinajstić information content (AvgIpc) is 3.01. The Morgan fingerprint density at radius 1 is 1.09 bits per heavy atom. The minimum absolute atomic E-state index is 0.0463. The van der Waals surface area contributed by atoms with Gasteiger partial charge in [-0.2, -0.15) is 0 Å². The molecule has 2 N–H and O–H groups in total. The maximum atomic E-state index is 12.0. The molecule has 1 aromatic heterocycles. The number of aromatic amines is 1. The Bertz CT molecular complexity index is 757. The Morgan fingerprint density at radius 3 is 2.57 bits per heavy atom. The van der Waals surface area contributed by atoms with Crippen molar-refractivity contribution in [3.63, 3.8) is 0 Å². The number of imidazole rings is 1. The summed E-state index contributed by atoms with van der Waals surface area (Å²) >= 11 is 0. The van der Waals surface area contributed by atoms with Gasteiger partial charge in [0, 0.05) is 6.42 Å². The van der Waals surface area contributed by atoms with E-state index in [4.69, 9.17) is 0 Å². The maximum Gasteiger partial charge on any atom is 0.220 e. The molecule has 0 saturated heterocycles. The number of para-hydroxylation sites is 2. The number of benzene rings is 2. The second kappa shape index (κ2) is 7.09. The third-order valence-electron chi connectivity index (χ3n) is 3.96. The van der Waals surface area contributed by atoms with Gasteiger partial charge in [-0.15, -0.1) is 0 Å². The Labute approximate surface area is 136 Å². The van der Waals surface area contributed by atoms with Crippen molar-refractivity contribution in [3.05, 3.63) is 65.5 Å². The molecule has 4 nitrogen and oxygen atoms in total. The van der Waals surface area contributed by atoms with Crippen LogP contribution in [0.25, 0.3) is 11.0 Å². The summed E-state index contributed by atoms with van der Waals surface area (Å²) in [5, 5.41) is 2.92. The zero-order chi connectivity index (χ0) is 16.1. The van der Waals surface area contributed by atoms with Crippen molar-refractivity contribution < 1.29 is 4.79 Å². The van der Waals surface area contributed by atoms with Crippen molar-refractivity contribution in [3.8, 4) is 0 Å². The number of nitrogens with one attached hydrogen (secondary N) is 2. The molecule has 1 heterocycles. The summed E-state index contributed by atoms with van der Waals surface area (Å²) in [6.07, 6.45) is 2.29. The van der Waals surface area contributed by atoms with E-state index in [9.17, 15) is 4.79 Å². The summed E-state index contributed by atoms with van der Waals surface area (Å²) in [6, 6.07) is 16.3. The number of carbonyl (C=O) groups is 1. The molecule has 0 aliphatic rings. The summed E-state index contributed by atoms with van der Waals surface area (Å²) in [7, 11) is 0. The van der Waals surface area contributed by atoms with E-state index >= 15 is 0 Å². The van der Waals surface area contributed by atoms with Crippen LogP contribution in [-0.2, 0) is 24.2 Å². The number of H-pyrrole nitrogens is 1. The highest BCUT2D eigenvalue weighted by Crippen LogP contribution is 2.10. The van der Waals surface area contributed by atoms with E-state index in [2.05, 4.69) is 46.5 Å². The predicted octanol–water partition coefficient (Wildman–Crippen LogP) is 3.37. The highest BCUT2D eigenvalue weighted by atomic mass is 16.1. The lowest BCUT2D eigenvalue weighted by molar-refractivity contribution is -0.121. The number of rotatable bonds is 6. The van der Waals surface area contributed by atoms with Crippen LogP contribution in [0.15, 0.2) is 48.5 Å². The molecule has 0 spiro atoms. The smallest absolute Gasteiger partial charge is 0.220 e. The van der Waals surface area contributed by atoms with Gasteiger partial charge in [-0.3, -0.25) is 4.79 Å². The van der Waals surface area contributed by atoms with Gasteiger partial charge in [0.2, 0.25) is 5.91 Å². The van der Waals surface area contributed by atoms with Crippen LogP contribution in [-0.4, -0.2) is 15.9 Å². The van der Waals surface area contributed by atoms with Gasteiger partial charge in [0.05, 0.1) is 17.6 Å². The van der Waals surface area contributed by atoms with Crippen LogP contribution in [0.2, 0.25) is 0 Å². The molecule has 0 bridgehead atoms. The van der Waals surface area contributed by atoms with Crippen LogP contribution >= 0.6 is 0 Å². The fourth-order valence-electron chi connectivity index (χ4n) is 2.56. The Morgan fingerprint density at radius 2 is 1.83 bits per heavy atom. The van der Waals surface area contributed by atoms with Gasteiger partial charge >= 0.3 is 0 Å². The van der Waals surface area contributed by atoms with E-state index < -0.39 is 0 Å². The van der Waals surface area contributed by atoms with Crippen molar-refractivity contribution in [2.45, 2.75) is 32.7 Å². The Hall–Kier alpha value is -2.62. The summed E-state index contributed by atoms with van der Waals surface area (Å²) in [4.78, 5) is 19.6. The van der Waals surface area contributed by atoms with Gasteiger partial charge in [0.15, 0.2) is 0 Å². The molecular formula is C19H21N3O. The normalized spacial score (nSPS) is 10.8. The third kappa shape index (κ3) is 3.97. The number of hydrogen-bond donors (Lipinski definition) is 2. The van der Waals surface area contributed by atoms with Crippen molar-refractivity contribution in [2.24, 2.45) is 0 Å². The lowest BCUT2D eigenvalue weighted by Gasteiger charge is -2.04. The minimum atomic E-state index is 0.0463. The van der Waals surface area contributed by atoms with Crippen LogP contribution in [0.4, 0.5) is 0 Å². The summed E-state index contributed by atoms with van der Waals surface area (Å²) < 4.78 is 0. The first-order chi connectivity index (χ1) is 11.2. The first kappa shape index (κ1) is 15.3. The number of fused-ring (bicyclic) bond motifs is 1. The standard InChI is InChI=1S/C19H21N3O/c1-2-14-7-9-15(10-8-14)11-12-19(23)20-13-18-21-16-5-3-4-6-17(16)22-18/h3-10H,2,11-13H2,1H3,(H,20,23)(H,21,22). The van der Waals surface area contributed by atoms with Crippen LogP contribution in [0.5, 0.6) is 0 Å². The molecule has 1 amide bonds. The SMILES string of the molecule is CCc1ccc(CCC(=O)NCc2nc3ccccc3[nH]2)cc1. The molecule has 2 aromatic carbocycles. The van der Waals surface area contributed by atoms with Crippen LogP contribution in [0.1, 0.15) is 30.3 Å². The topological polar surface area (TPSA) is 57.8 Å². The van der Waals surface area contributed by atoms with Crippen molar-refractivity contribution in [1.82, 2.24) is 15.3 Å². The lowest BCUT2D eigenvalue weighted by atomic mass is 10.1. The van der Waals surface area contributed by atoms with E-state index in [0.717, 1.165) is 29.7 Å². The summed E-state index contributed by atoms with van der Waals surface area (Å²) in [6.45, 7) is 2.57.